The van der Waals surface area contributed by atoms with Gasteiger partial charge in [-0.3, -0.25) is 0 Å². The van der Waals surface area contributed by atoms with Crippen LogP contribution in [0.4, 0.5) is 0 Å². The van der Waals surface area contributed by atoms with Crippen molar-refractivity contribution in [1.29, 1.82) is 0 Å². The van der Waals surface area contributed by atoms with Crippen LogP contribution < -0.4 is 4.74 Å². The van der Waals surface area contributed by atoms with Gasteiger partial charge in [0.15, 0.2) is 6.61 Å². The fraction of sp³-hybridized carbons (Fsp3) is 0.286. The zero-order valence-electron chi connectivity index (χ0n) is 11.8. The quantitative estimate of drug-likeness (QED) is 0.582. The molecule has 5 nitrogen and oxygen atoms in total. The van der Waals surface area contributed by atoms with E-state index >= 15 is 0 Å². The maximum Gasteiger partial charge on any atom is 0.344 e. The minimum Gasteiger partial charge on any atom is -0.480 e. The maximum atomic E-state index is 11.7. The summed E-state index contributed by atoms with van der Waals surface area (Å²) in [5, 5.41) is 4.62. The van der Waals surface area contributed by atoms with Crippen molar-refractivity contribution in [3.8, 4) is 5.75 Å². The van der Waals surface area contributed by atoms with Crippen molar-refractivity contribution in [3.63, 3.8) is 0 Å². The SMILES string of the molecule is Cc1noc(C)c1COC(=O)COc1cc(Cl)c(Cl)cc1Cl. The van der Waals surface area contributed by atoms with Gasteiger partial charge in [-0.1, -0.05) is 40.0 Å². The van der Waals surface area contributed by atoms with Crippen LogP contribution in [0.2, 0.25) is 15.1 Å². The number of aryl methyl sites for hydroxylation is 2. The Kier molecular flexibility index (Phi) is 5.56. The van der Waals surface area contributed by atoms with E-state index in [9.17, 15) is 4.79 Å². The van der Waals surface area contributed by atoms with E-state index in [1.807, 2.05) is 0 Å². The van der Waals surface area contributed by atoms with Crippen LogP contribution in [0, 0.1) is 13.8 Å². The second-order valence-corrected chi connectivity index (χ2v) is 5.67. The van der Waals surface area contributed by atoms with E-state index in [0.29, 0.717) is 16.5 Å². The number of halogens is 3. The molecule has 0 N–H and O–H groups in total. The number of aromatic nitrogens is 1. The highest BCUT2D eigenvalue weighted by Gasteiger charge is 2.13. The van der Waals surface area contributed by atoms with Gasteiger partial charge in [0.1, 0.15) is 18.1 Å². The van der Waals surface area contributed by atoms with Crippen molar-refractivity contribution in [1.82, 2.24) is 5.16 Å². The Balaban J connectivity index is 1.90. The summed E-state index contributed by atoms with van der Waals surface area (Å²) < 4.78 is 15.4. The van der Waals surface area contributed by atoms with Crippen LogP contribution in [0.3, 0.4) is 0 Å². The molecule has 0 bridgehead atoms. The smallest absolute Gasteiger partial charge is 0.344 e. The lowest BCUT2D eigenvalue weighted by Crippen LogP contribution is -2.15. The number of carbonyl (C=O) groups excluding carboxylic acids is 1. The second-order valence-electron chi connectivity index (χ2n) is 4.45. The van der Waals surface area contributed by atoms with Crippen LogP contribution >= 0.6 is 34.8 Å². The molecule has 0 fully saturated rings. The summed E-state index contributed by atoms with van der Waals surface area (Å²) in [5.41, 5.74) is 1.42. The Bertz CT molecular complexity index is 680. The lowest BCUT2D eigenvalue weighted by Gasteiger charge is -2.09. The summed E-state index contributed by atoms with van der Waals surface area (Å²) in [7, 11) is 0. The number of hydrogen-bond donors (Lipinski definition) is 0. The topological polar surface area (TPSA) is 61.6 Å². The maximum absolute atomic E-state index is 11.7. The van der Waals surface area contributed by atoms with Gasteiger partial charge >= 0.3 is 5.97 Å². The Morgan fingerprint density at radius 3 is 2.50 bits per heavy atom. The van der Waals surface area contributed by atoms with Crippen LogP contribution in [-0.2, 0) is 16.1 Å². The number of benzene rings is 1. The molecule has 1 heterocycles. The molecule has 2 aromatic rings. The molecule has 0 unspecified atom stereocenters. The van der Waals surface area contributed by atoms with Crippen LogP contribution in [0.5, 0.6) is 5.75 Å². The van der Waals surface area contributed by atoms with Gasteiger partial charge in [0.25, 0.3) is 0 Å². The van der Waals surface area contributed by atoms with E-state index in [1.165, 1.54) is 12.1 Å². The molecule has 2 rings (SSSR count). The van der Waals surface area contributed by atoms with E-state index in [0.717, 1.165) is 5.56 Å². The third-order valence-electron chi connectivity index (χ3n) is 2.88. The first kappa shape index (κ1) is 16.9. The molecular formula is C14H12Cl3NO4. The summed E-state index contributed by atoms with van der Waals surface area (Å²) in [5.74, 6) is 0.311. The summed E-state index contributed by atoms with van der Waals surface area (Å²) in [6.07, 6.45) is 0. The summed E-state index contributed by atoms with van der Waals surface area (Å²) in [6, 6.07) is 2.88. The van der Waals surface area contributed by atoms with Gasteiger partial charge in [0.2, 0.25) is 0 Å². The molecule has 0 atom stereocenters. The predicted molar refractivity (Wildman–Crippen MR) is 82.7 cm³/mol. The van der Waals surface area contributed by atoms with E-state index in [4.69, 9.17) is 48.8 Å². The van der Waals surface area contributed by atoms with Crippen LogP contribution in [0.25, 0.3) is 0 Å². The standard InChI is InChI=1S/C14H12Cl3NO4/c1-7-9(8(2)22-18-7)5-21-14(19)6-20-13-4-11(16)10(15)3-12(13)17/h3-4H,5-6H2,1-2H3. The lowest BCUT2D eigenvalue weighted by atomic mass is 10.2. The minimum absolute atomic E-state index is 0.0679. The van der Waals surface area contributed by atoms with Crippen molar-refractivity contribution < 1.29 is 18.8 Å². The van der Waals surface area contributed by atoms with E-state index in [1.54, 1.807) is 13.8 Å². The van der Waals surface area contributed by atoms with Gasteiger partial charge in [-0.05, 0) is 19.9 Å². The number of hydrogen-bond acceptors (Lipinski definition) is 5. The number of esters is 1. The summed E-state index contributed by atoms with van der Waals surface area (Å²) >= 11 is 17.6. The van der Waals surface area contributed by atoms with Crippen molar-refractivity contribution in [2.24, 2.45) is 0 Å². The van der Waals surface area contributed by atoms with Gasteiger partial charge in [0.05, 0.1) is 26.3 Å². The second kappa shape index (κ2) is 7.22. The molecule has 0 amide bonds. The molecule has 0 aliphatic heterocycles. The zero-order chi connectivity index (χ0) is 16.3. The van der Waals surface area contributed by atoms with Crippen molar-refractivity contribution >= 4 is 40.8 Å². The van der Waals surface area contributed by atoms with Crippen molar-refractivity contribution in [3.05, 3.63) is 44.2 Å². The average Bonchev–Trinajstić information content (AvgIpc) is 2.78. The summed E-state index contributed by atoms with van der Waals surface area (Å²) in [4.78, 5) is 11.7. The predicted octanol–water partition coefficient (Wildman–Crippen LogP) is 4.37. The fourth-order valence-electron chi connectivity index (χ4n) is 1.65. The van der Waals surface area contributed by atoms with Gasteiger partial charge in [-0.15, -0.1) is 0 Å². The molecule has 0 aliphatic carbocycles. The van der Waals surface area contributed by atoms with Crippen LogP contribution in [0.15, 0.2) is 16.7 Å². The molecule has 8 heteroatoms. The molecule has 0 saturated carbocycles. The van der Waals surface area contributed by atoms with E-state index < -0.39 is 5.97 Å². The lowest BCUT2D eigenvalue weighted by molar-refractivity contribution is -0.147. The molecule has 118 valence electrons. The van der Waals surface area contributed by atoms with Crippen molar-refractivity contribution in [2.45, 2.75) is 20.5 Å². The third-order valence-corrected chi connectivity index (χ3v) is 3.90. The first-order chi connectivity index (χ1) is 10.4. The first-order valence-electron chi connectivity index (χ1n) is 6.23. The van der Waals surface area contributed by atoms with Gasteiger partial charge in [-0.2, -0.15) is 0 Å². The fourth-order valence-corrected chi connectivity index (χ4v) is 2.25. The Hall–Kier alpha value is -1.43. The Morgan fingerprint density at radius 2 is 1.86 bits per heavy atom. The minimum atomic E-state index is -0.554. The molecule has 0 spiro atoms. The molecular weight excluding hydrogens is 353 g/mol. The molecule has 0 aliphatic rings. The average molecular weight is 365 g/mol. The number of rotatable bonds is 5. The first-order valence-corrected chi connectivity index (χ1v) is 7.36. The molecule has 0 saturated heterocycles. The highest BCUT2D eigenvalue weighted by atomic mass is 35.5. The number of nitrogens with zero attached hydrogens (tertiary/aromatic N) is 1. The normalized spacial score (nSPS) is 10.6. The molecule has 22 heavy (non-hydrogen) atoms. The van der Waals surface area contributed by atoms with Crippen LogP contribution in [-0.4, -0.2) is 17.7 Å². The molecule has 1 aromatic heterocycles. The van der Waals surface area contributed by atoms with E-state index in [2.05, 4.69) is 5.16 Å². The van der Waals surface area contributed by atoms with Gasteiger partial charge in [0, 0.05) is 6.07 Å². The third kappa shape index (κ3) is 4.06. The zero-order valence-corrected chi connectivity index (χ0v) is 14.1. The number of carbonyl (C=O) groups is 1. The van der Waals surface area contributed by atoms with E-state index in [-0.39, 0.29) is 29.0 Å². The largest absolute Gasteiger partial charge is 0.480 e. The van der Waals surface area contributed by atoms with Gasteiger partial charge in [-0.25, -0.2) is 4.79 Å². The van der Waals surface area contributed by atoms with Crippen LogP contribution in [0.1, 0.15) is 17.0 Å². The highest BCUT2D eigenvalue weighted by molar-refractivity contribution is 6.43. The number of ether oxygens (including phenoxy) is 2. The van der Waals surface area contributed by atoms with Gasteiger partial charge < -0.3 is 14.0 Å². The molecule has 0 radical (unpaired) electrons. The Labute approximate surface area is 142 Å². The highest BCUT2D eigenvalue weighted by Crippen LogP contribution is 2.33. The summed E-state index contributed by atoms with van der Waals surface area (Å²) in [6.45, 7) is 3.28. The van der Waals surface area contributed by atoms with Crippen molar-refractivity contribution in [2.75, 3.05) is 6.61 Å². The monoisotopic (exact) mass is 363 g/mol. The Morgan fingerprint density at radius 1 is 1.18 bits per heavy atom. The molecule has 1 aromatic carbocycles.